The zero-order valence-corrected chi connectivity index (χ0v) is 10.5. The Labute approximate surface area is 101 Å². The highest BCUT2D eigenvalue weighted by Crippen LogP contribution is 2.13. The highest BCUT2D eigenvalue weighted by Gasteiger charge is 2.09. The third-order valence-corrected chi connectivity index (χ3v) is 3.05. The van der Waals surface area contributed by atoms with Gasteiger partial charge in [0.15, 0.2) is 0 Å². The van der Waals surface area contributed by atoms with Gasteiger partial charge in [0.2, 0.25) is 0 Å². The van der Waals surface area contributed by atoms with Crippen LogP contribution in [0.1, 0.15) is 35.5 Å². The standard InChI is InChI=1S/C13H18N4/c1-9(12-5-4-6-14-7-12)15-8-13-10(2)16-17-11(13)3/h4-7,9,15H,8H2,1-3H3,(H,16,17). The van der Waals surface area contributed by atoms with Crippen molar-refractivity contribution in [2.24, 2.45) is 0 Å². The Bertz CT molecular complexity index is 456. The van der Waals surface area contributed by atoms with E-state index in [1.165, 1.54) is 11.1 Å². The van der Waals surface area contributed by atoms with Gasteiger partial charge in [0.05, 0.1) is 5.69 Å². The first-order chi connectivity index (χ1) is 8.18. The Hall–Kier alpha value is -1.68. The second kappa shape index (κ2) is 5.10. The van der Waals surface area contributed by atoms with Crippen LogP contribution in [0, 0.1) is 13.8 Å². The highest BCUT2D eigenvalue weighted by atomic mass is 15.1. The molecule has 2 aromatic rings. The lowest BCUT2D eigenvalue weighted by atomic mass is 10.1. The molecule has 2 aromatic heterocycles. The van der Waals surface area contributed by atoms with Gasteiger partial charge in [0, 0.05) is 36.2 Å². The van der Waals surface area contributed by atoms with Crippen molar-refractivity contribution >= 4 is 0 Å². The molecule has 17 heavy (non-hydrogen) atoms. The Morgan fingerprint density at radius 1 is 1.41 bits per heavy atom. The van der Waals surface area contributed by atoms with Gasteiger partial charge in [-0.3, -0.25) is 10.1 Å². The maximum absolute atomic E-state index is 4.19. The molecular weight excluding hydrogens is 212 g/mol. The lowest BCUT2D eigenvalue weighted by Gasteiger charge is -2.13. The molecule has 0 aliphatic rings. The summed E-state index contributed by atoms with van der Waals surface area (Å²) >= 11 is 0. The number of rotatable bonds is 4. The number of hydrogen-bond acceptors (Lipinski definition) is 3. The summed E-state index contributed by atoms with van der Waals surface area (Å²) in [6.45, 7) is 7.03. The van der Waals surface area contributed by atoms with Gasteiger partial charge in [-0.25, -0.2) is 0 Å². The Balaban J connectivity index is 1.99. The maximum Gasteiger partial charge on any atom is 0.0638 e. The van der Waals surface area contributed by atoms with Crippen LogP contribution < -0.4 is 5.32 Å². The third-order valence-electron chi connectivity index (χ3n) is 3.05. The van der Waals surface area contributed by atoms with Crippen LogP contribution >= 0.6 is 0 Å². The first-order valence-electron chi connectivity index (χ1n) is 5.82. The Morgan fingerprint density at radius 2 is 2.24 bits per heavy atom. The normalized spacial score (nSPS) is 12.6. The minimum absolute atomic E-state index is 0.289. The molecule has 0 aliphatic heterocycles. The van der Waals surface area contributed by atoms with Crippen molar-refractivity contribution in [3.8, 4) is 0 Å². The van der Waals surface area contributed by atoms with E-state index < -0.39 is 0 Å². The zero-order chi connectivity index (χ0) is 12.3. The molecule has 0 fully saturated rings. The van der Waals surface area contributed by atoms with Crippen LogP contribution in [0.25, 0.3) is 0 Å². The maximum atomic E-state index is 4.19. The summed E-state index contributed by atoms with van der Waals surface area (Å²) in [6.07, 6.45) is 3.69. The smallest absolute Gasteiger partial charge is 0.0638 e. The highest BCUT2D eigenvalue weighted by molar-refractivity contribution is 5.23. The zero-order valence-electron chi connectivity index (χ0n) is 10.5. The predicted octanol–water partition coefficient (Wildman–Crippen LogP) is 2.27. The lowest BCUT2D eigenvalue weighted by Crippen LogP contribution is -2.18. The van der Waals surface area contributed by atoms with Crippen molar-refractivity contribution in [1.82, 2.24) is 20.5 Å². The molecule has 0 saturated carbocycles. The quantitative estimate of drug-likeness (QED) is 0.847. The molecule has 0 amide bonds. The molecule has 0 saturated heterocycles. The molecule has 90 valence electrons. The first kappa shape index (κ1) is 11.8. The van der Waals surface area contributed by atoms with Crippen LogP contribution in [-0.4, -0.2) is 15.2 Å². The molecule has 4 nitrogen and oxygen atoms in total. The summed E-state index contributed by atoms with van der Waals surface area (Å²) < 4.78 is 0. The fourth-order valence-electron chi connectivity index (χ4n) is 1.84. The topological polar surface area (TPSA) is 53.6 Å². The summed E-state index contributed by atoms with van der Waals surface area (Å²) in [5.74, 6) is 0. The van der Waals surface area contributed by atoms with Crippen molar-refractivity contribution < 1.29 is 0 Å². The van der Waals surface area contributed by atoms with Gasteiger partial charge in [-0.1, -0.05) is 6.07 Å². The number of H-pyrrole nitrogens is 1. The number of aryl methyl sites for hydroxylation is 2. The fourth-order valence-corrected chi connectivity index (χ4v) is 1.84. The molecule has 0 spiro atoms. The largest absolute Gasteiger partial charge is 0.306 e. The summed E-state index contributed by atoms with van der Waals surface area (Å²) in [4.78, 5) is 4.13. The summed E-state index contributed by atoms with van der Waals surface area (Å²) in [7, 11) is 0. The fraction of sp³-hybridized carbons (Fsp3) is 0.385. The molecule has 1 atom stereocenters. The molecule has 0 radical (unpaired) electrons. The van der Waals surface area contributed by atoms with E-state index in [0.29, 0.717) is 0 Å². The van der Waals surface area contributed by atoms with Gasteiger partial charge in [-0.2, -0.15) is 5.10 Å². The molecule has 2 heterocycles. The van der Waals surface area contributed by atoms with E-state index in [1.807, 2.05) is 26.1 Å². The van der Waals surface area contributed by atoms with Crippen molar-refractivity contribution in [3.05, 3.63) is 47.0 Å². The lowest BCUT2D eigenvalue weighted by molar-refractivity contribution is 0.570. The minimum atomic E-state index is 0.289. The summed E-state index contributed by atoms with van der Waals surface area (Å²) in [5, 5.41) is 10.7. The molecule has 0 aliphatic carbocycles. The number of nitrogens with one attached hydrogen (secondary N) is 2. The van der Waals surface area contributed by atoms with E-state index in [1.54, 1.807) is 6.20 Å². The molecular formula is C13H18N4. The molecule has 2 rings (SSSR count). The summed E-state index contributed by atoms with van der Waals surface area (Å²) in [6, 6.07) is 4.33. The molecule has 2 N–H and O–H groups in total. The van der Waals surface area contributed by atoms with Gasteiger partial charge < -0.3 is 5.32 Å². The average Bonchev–Trinajstić information content (AvgIpc) is 2.67. The van der Waals surface area contributed by atoms with Gasteiger partial charge >= 0.3 is 0 Å². The number of aromatic amines is 1. The number of pyridine rings is 1. The van der Waals surface area contributed by atoms with Crippen LogP contribution in [0.3, 0.4) is 0 Å². The summed E-state index contributed by atoms with van der Waals surface area (Å²) in [5.41, 5.74) is 4.65. The Morgan fingerprint density at radius 3 is 2.82 bits per heavy atom. The van der Waals surface area contributed by atoms with Gasteiger partial charge in [0.1, 0.15) is 0 Å². The van der Waals surface area contributed by atoms with Crippen LogP contribution in [0.4, 0.5) is 0 Å². The molecule has 1 unspecified atom stereocenters. The van der Waals surface area contributed by atoms with Crippen molar-refractivity contribution in [2.45, 2.75) is 33.4 Å². The van der Waals surface area contributed by atoms with Crippen LogP contribution in [-0.2, 0) is 6.54 Å². The Kier molecular flexibility index (Phi) is 3.54. The molecule has 0 bridgehead atoms. The van der Waals surface area contributed by atoms with Crippen LogP contribution in [0.2, 0.25) is 0 Å². The van der Waals surface area contributed by atoms with E-state index in [9.17, 15) is 0 Å². The second-order valence-electron chi connectivity index (χ2n) is 4.30. The van der Waals surface area contributed by atoms with E-state index in [2.05, 4.69) is 33.5 Å². The van der Waals surface area contributed by atoms with E-state index in [4.69, 9.17) is 0 Å². The number of nitrogens with zero attached hydrogens (tertiary/aromatic N) is 2. The van der Waals surface area contributed by atoms with Gasteiger partial charge in [0.25, 0.3) is 0 Å². The van der Waals surface area contributed by atoms with Crippen molar-refractivity contribution in [1.29, 1.82) is 0 Å². The molecule has 0 aromatic carbocycles. The third kappa shape index (κ3) is 2.71. The molecule has 4 heteroatoms. The monoisotopic (exact) mass is 230 g/mol. The average molecular weight is 230 g/mol. The van der Waals surface area contributed by atoms with Crippen molar-refractivity contribution in [3.63, 3.8) is 0 Å². The first-order valence-corrected chi connectivity index (χ1v) is 5.82. The number of aromatic nitrogens is 3. The van der Waals surface area contributed by atoms with E-state index >= 15 is 0 Å². The van der Waals surface area contributed by atoms with Crippen molar-refractivity contribution in [2.75, 3.05) is 0 Å². The minimum Gasteiger partial charge on any atom is -0.306 e. The van der Waals surface area contributed by atoms with E-state index in [0.717, 1.165) is 17.9 Å². The van der Waals surface area contributed by atoms with Crippen LogP contribution in [0.5, 0.6) is 0 Å². The van der Waals surface area contributed by atoms with Gasteiger partial charge in [-0.15, -0.1) is 0 Å². The van der Waals surface area contributed by atoms with Crippen LogP contribution in [0.15, 0.2) is 24.5 Å². The van der Waals surface area contributed by atoms with E-state index in [-0.39, 0.29) is 6.04 Å². The SMILES string of the molecule is Cc1n[nH]c(C)c1CNC(C)c1cccnc1. The predicted molar refractivity (Wildman–Crippen MR) is 67.6 cm³/mol. The second-order valence-corrected chi connectivity index (χ2v) is 4.30. The van der Waals surface area contributed by atoms with Gasteiger partial charge in [-0.05, 0) is 32.4 Å². The number of hydrogen-bond donors (Lipinski definition) is 2.